The highest BCUT2D eigenvalue weighted by Crippen LogP contribution is 2.25. The van der Waals surface area contributed by atoms with Crippen LogP contribution in [-0.2, 0) is 0 Å². The minimum absolute atomic E-state index is 0.566. The van der Waals surface area contributed by atoms with E-state index in [1.54, 1.807) is 12.1 Å². The maximum Gasteiger partial charge on any atom is 0.0992 e. The number of hydrogen-bond donors (Lipinski definition) is 3. The molecule has 84 valence electrons. The largest absolute Gasteiger partial charge is 0.354 e. The first-order valence-electron chi connectivity index (χ1n) is 5.16. The summed E-state index contributed by atoms with van der Waals surface area (Å²) in [5.41, 5.74) is 5.63. The van der Waals surface area contributed by atoms with Gasteiger partial charge in [0.2, 0.25) is 0 Å². The summed E-state index contributed by atoms with van der Waals surface area (Å²) in [4.78, 5) is 0. The van der Waals surface area contributed by atoms with Gasteiger partial charge in [-0.15, -0.1) is 0 Å². The number of anilines is 3. The number of benzene rings is 2. The maximum atomic E-state index is 8.80. The Labute approximate surface area is 99.7 Å². The Kier molecular flexibility index (Phi) is 3.24. The smallest absolute Gasteiger partial charge is 0.0992 e. The first-order chi connectivity index (χ1) is 8.33. The molecule has 0 spiro atoms. The molecule has 0 bridgehead atoms. The Morgan fingerprint density at radius 2 is 1.76 bits per heavy atom. The molecule has 0 aliphatic heterocycles. The van der Waals surface area contributed by atoms with Gasteiger partial charge in [0.1, 0.15) is 0 Å². The van der Waals surface area contributed by atoms with Gasteiger partial charge in [0.15, 0.2) is 0 Å². The summed E-state index contributed by atoms with van der Waals surface area (Å²) in [6.45, 7) is 0. The number of hydrazine groups is 1. The van der Waals surface area contributed by atoms with Crippen LogP contribution >= 0.6 is 0 Å². The zero-order valence-electron chi connectivity index (χ0n) is 9.14. The number of nitrogens with zero attached hydrogens (tertiary/aromatic N) is 1. The Balaban J connectivity index is 2.30. The number of nitrogen functional groups attached to an aromatic ring is 1. The standard InChI is InChI=1S/C13H12N4/c14-9-10-6-7-12(13(8-10)17-15)16-11-4-2-1-3-5-11/h1-8,16-17H,15H2. The van der Waals surface area contributed by atoms with Gasteiger partial charge in [0.25, 0.3) is 0 Å². The van der Waals surface area contributed by atoms with Crippen molar-refractivity contribution in [1.82, 2.24) is 0 Å². The molecule has 0 amide bonds. The van der Waals surface area contributed by atoms with Crippen LogP contribution in [0, 0.1) is 11.3 Å². The SMILES string of the molecule is N#Cc1ccc(Nc2ccccc2)c(NN)c1. The lowest BCUT2D eigenvalue weighted by Gasteiger charge is -2.11. The zero-order chi connectivity index (χ0) is 12.1. The molecule has 0 radical (unpaired) electrons. The molecular weight excluding hydrogens is 212 g/mol. The molecule has 0 saturated carbocycles. The van der Waals surface area contributed by atoms with E-state index in [2.05, 4.69) is 16.8 Å². The summed E-state index contributed by atoms with van der Waals surface area (Å²) < 4.78 is 0. The third-order valence-electron chi connectivity index (χ3n) is 2.36. The van der Waals surface area contributed by atoms with Crippen LogP contribution in [0.2, 0.25) is 0 Å². The molecule has 0 aliphatic carbocycles. The van der Waals surface area contributed by atoms with Gasteiger partial charge in [-0.3, -0.25) is 5.84 Å². The molecule has 0 fully saturated rings. The molecule has 4 heteroatoms. The second-order valence-corrected chi connectivity index (χ2v) is 3.51. The van der Waals surface area contributed by atoms with E-state index in [1.165, 1.54) is 0 Å². The molecular formula is C13H12N4. The molecule has 0 atom stereocenters. The van der Waals surface area contributed by atoms with Crippen molar-refractivity contribution in [2.75, 3.05) is 10.7 Å². The normalized spacial score (nSPS) is 9.41. The van der Waals surface area contributed by atoms with Gasteiger partial charge in [-0.25, -0.2) is 0 Å². The molecule has 2 aromatic carbocycles. The van der Waals surface area contributed by atoms with Crippen LogP contribution < -0.4 is 16.6 Å². The molecule has 2 rings (SSSR count). The lowest BCUT2D eigenvalue weighted by atomic mass is 10.2. The van der Waals surface area contributed by atoms with E-state index in [0.29, 0.717) is 11.3 Å². The Morgan fingerprint density at radius 1 is 1.00 bits per heavy atom. The predicted molar refractivity (Wildman–Crippen MR) is 68.7 cm³/mol. The number of para-hydroxylation sites is 1. The van der Waals surface area contributed by atoms with Crippen molar-refractivity contribution < 1.29 is 0 Å². The number of nitriles is 1. The maximum absolute atomic E-state index is 8.80. The van der Waals surface area contributed by atoms with E-state index in [4.69, 9.17) is 11.1 Å². The van der Waals surface area contributed by atoms with Crippen molar-refractivity contribution in [3.05, 3.63) is 54.1 Å². The van der Waals surface area contributed by atoms with Crippen molar-refractivity contribution in [3.8, 4) is 6.07 Å². The van der Waals surface area contributed by atoms with Crippen LogP contribution in [0.1, 0.15) is 5.56 Å². The number of rotatable bonds is 3. The molecule has 0 heterocycles. The summed E-state index contributed by atoms with van der Waals surface area (Å²) in [7, 11) is 0. The highest BCUT2D eigenvalue weighted by atomic mass is 15.2. The lowest BCUT2D eigenvalue weighted by Crippen LogP contribution is -2.09. The fraction of sp³-hybridized carbons (Fsp3) is 0. The second-order valence-electron chi connectivity index (χ2n) is 3.51. The van der Waals surface area contributed by atoms with Gasteiger partial charge >= 0.3 is 0 Å². The Morgan fingerprint density at radius 3 is 2.41 bits per heavy atom. The Bertz CT molecular complexity index is 543. The van der Waals surface area contributed by atoms with Crippen LogP contribution in [0.25, 0.3) is 0 Å². The topological polar surface area (TPSA) is 73.9 Å². The molecule has 4 N–H and O–H groups in total. The van der Waals surface area contributed by atoms with E-state index < -0.39 is 0 Å². The average molecular weight is 224 g/mol. The third-order valence-corrected chi connectivity index (χ3v) is 2.36. The fourth-order valence-electron chi connectivity index (χ4n) is 1.52. The number of nitrogens with two attached hydrogens (primary N) is 1. The predicted octanol–water partition coefficient (Wildman–Crippen LogP) is 2.59. The van der Waals surface area contributed by atoms with Crippen molar-refractivity contribution in [2.45, 2.75) is 0 Å². The van der Waals surface area contributed by atoms with Gasteiger partial charge in [-0.05, 0) is 30.3 Å². The van der Waals surface area contributed by atoms with Crippen LogP contribution in [-0.4, -0.2) is 0 Å². The third kappa shape index (κ3) is 2.54. The number of hydrogen-bond acceptors (Lipinski definition) is 4. The summed E-state index contributed by atoms with van der Waals surface area (Å²) >= 11 is 0. The van der Waals surface area contributed by atoms with Crippen LogP contribution in [0.3, 0.4) is 0 Å². The fourth-order valence-corrected chi connectivity index (χ4v) is 1.52. The van der Waals surface area contributed by atoms with Crippen molar-refractivity contribution >= 4 is 17.1 Å². The van der Waals surface area contributed by atoms with E-state index in [0.717, 1.165) is 11.4 Å². The average Bonchev–Trinajstić information content (AvgIpc) is 2.40. The summed E-state index contributed by atoms with van der Waals surface area (Å²) in [6.07, 6.45) is 0. The van der Waals surface area contributed by atoms with E-state index in [9.17, 15) is 0 Å². The molecule has 2 aromatic rings. The Hall–Kier alpha value is -2.51. The van der Waals surface area contributed by atoms with Gasteiger partial charge < -0.3 is 10.7 Å². The zero-order valence-corrected chi connectivity index (χ0v) is 9.14. The first kappa shape index (κ1) is 11.0. The molecule has 17 heavy (non-hydrogen) atoms. The first-order valence-corrected chi connectivity index (χ1v) is 5.16. The van der Waals surface area contributed by atoms with Crippen molar-refractivity contribution in [2.24, 2.45) is 5.84 Å². The monoisotopic (exact) mass is 224 g/mol. The second kappa shape index (κ2) is 5.01. The summed E-state index contributed by atoms with van der Waals surface area (Å²) in [5, 5.41) is 12.0. The van der Waals surface area contributed by atoms with Crippen LogP contribution in [0.5, 0.6) is 0 Å². The minimum Gasteiger partial charge on any atom is -0.354 e. The minimum atomic E-state index is 0.566. The van der Waals surface area contributed by atoms with Gasteiger partial charge in [-0.1, -0.05) is 18.2 Å². The number of nitrogens with one attached hydrogen (secondary N) is 2. The molecule has 0 saturated heterocycles. The van der Waals surface area contributed by atoms with Gasteiger partial charge in [0, 0.05) is 5.69 Å². The van der Waals surface area contributed by atoms with Gasteiger partial charge in [-0.2, -0.15) is 5.26 Å². The van der Waals surface area contributed by atoms with E-state index in [-0.39, 0.29) is 0 Å². The molecule has 0 unspecified atom stereocenters. The van der Waals surface area contributed by atoms with E-state index >= 15 is 0 Å². The summed E-state index contributed by atoms with van der Waals surface area (Å²) in [6, 6.07) is 17.1. The van der Waals surface area contributed by atoms with Crippen LogP contribution in [0.4, 0.5) is 17.1 Å². The molecule has 4 nitrogen and oxygen atoms in total. The molecule has 0 aromatic heterocycles. The van der Waals surface area contributed by atoms with E-state index in [1.807, 2.05) is 36.4 Å². The molecule has 0 aliphatic rings. The lowest BCUT2D eigenvalue weighted by molar-refractivity contribution is 1.34. The highest BCUT2D eigenvalue weighted by Gasteiger charge is 2.02. The van der Waals surface area contributed by atoms with Crippen molar-refractivity contribution in [1.29, 1.82) is 5.26 Å². The quantitative estimate of drug-likeness (QED) is 0.553. The summed E-state index contributed by atoms with van der Waals surface area (Å²) in [5.74, 6) is 5.43. The highest BCUT2D eigenvalue weighted by molar-refractivity contribution is 5.75. The van der Waals surface area contributed by atoms with Crippen LogP contribution in [0.15, 0.2) is 48.5 Å². The van der Waals surface area contributed by atoms with Gasteiger partial charge in [0.05, 0.1) is 23.0 Å². The van der Waals surface area contributed by atoms with Crippen molar-refractivity contribution in [3.63, 3.8) is 0 Å².